The Bertz CT molecular complexity index is 1050. The maximum absolute atomic E-state index is 13.6. The van der Waals surface area contributed by atoms with E-state index in [-0.39, 0.29) is 43.2 Å². The van der Waals surface area contributed by atoms with Crippen molar-refractivity contribution in [3.05, 3.63) is 42.6 Å². The number of hydrogen-bond acceptors (Lipinski definition) is 10. The van der Waals surface area contributed by atoms with Gasteiger partial charge in [-0.3, -0.25) is 14.3 Å². The average Bonchev–Trinajstić information content (AvgIpc) is 3.50. The summed E-state index contributed by atoms with van der Waals surface area (Å²) in [6.45, 7) is 7.00. The molecule has 1 amide bonds. The maximum atomic E-state index is 13.6. The Balaban J connectivity index is 1.42. The Labute approximate surface area is 210 Å². The molecule has 0 aliphatic carbocycles. The molecule has 0 aromatic heterocycles. The molecule has 3 aliphatic rings. The first-order valence-electron chi connectivity index (χ1n) is 11.9. The zero-order valence-corrected chi connectivity index (χ0v) is 21.6. The van der Waals surface area contributed by atoms with Crippen molar-refractivity contribution in [2.75, 3.05) is 6.61 Å². The average molecular weight is 522 g/mol. The number of hydrogen-bond donors (Lipinski definition) is 1. The van der Waals surface area contributed by atoms with Crippen LogP contribution in [-0.2, 0) is 32.9 Å². The molecular weight excluding hydrogens is 489 g/mol. The third-order valence-corrected chi connectivity index (χ3v) is 7.23. The van der Waals surface area contributed by atoms with Crippen LogP contribution < -0.4 is 9.84 Å². The number of epoxide rings is 1. The molecule has 0 spiro atoms. The van der Waals surface area contributed by atoms with Crippen LogP contribution in [-0.4, -0.2) is 66.3 Å². The molecular formula is C24H32N3O8P. The van der Waals surface area contributed by atoms with Crippen LogP contribution >= 0.6 is 7.60 Å². The molecule has 4 unspecified atom stereocenters. The molecule has 3 heterocycles. The Morgan fingerprint density at radius 1 is 1.28 bits per heavy atom. The highest BCUT2D eigenvalue weighted by Crippen LogP contribution is 2.47. The number of esters is 1. The van der Waals surface area contributed by atoms with Gasteiger partial charge in [0, 0.05) is 12.3 Å². The van der Waals surface area contributed by atoms with Gasteiger partial charge in [0.05, 0.1) is 18.8 Å². The van der Waals surface area contributed by atoms with Crippen LogP contribution in [0.2, 0.25) is 0 Å². The van der Waals surface area contributed by atoms with E-state index < -0.39 is 25.7 Å². The summed E-state index contributed by atoms with van der Waals surface area (Å²) in [5.41, 5.74) is 0. The van der Waals surface area contributed by atoms with Crippen LogP contribution in [0.3, 0.4) is 0 Å². The number of amides is 1. The number of nitrogens with one attached hydrogen (secondary N) is 1. The van der Waals surface area contributed by atoms with E-state index >= 15 is 0 Å². The van der Waals surface area contributed by atoms with E-state index in [1.54, 1.807) is 57.3 Å². The Morgan fingerprint density at radius 3 is 2.75 bits per heavy atom. The number of rotatable bonds is 10. The van der Waals surface area contributed by atoms with Crippen molar-refractivity contribution in [1.29, 1.82) is 0 Å². The van der Waals surface area contributed by atoms with E-state index in [0.717, 1.165) is 5.96 Å². The second-order valence-electron chi connectivity index (χ2n) is 9.23. The molecule has 2 fully saturated rings. The standard InChI is InChI=1S/C24H32N3O8P/c1-15(2)32-24(29)17(4)25-14-36(30,35-18-8-6-5-7-9-18)31-13-19-16(3)12-21(33-19)27-11-10-20(28)26-22-23(27)34-22/h5-11,14-17,19,21-23H,12-13H2,1-4H3,(H,26,28)/b25-14+/t16?,17-,19+,21+,22?,23?,36?/m0/s1. The number of fused-ring (bicyclic) bond motifs is 1. The summed E-state index contributed by atoms with van der Waals surface area (Å²) in [5, 5.41) is 2.73. The molecule has 0 saturated carbocycles. The first-order valence-corrected chi connectivity index (χ1v) is 13.6. The van der Waals surface area contributed by atoms with Crippen molar-refractivity contribution in [3.8, 4) is 5.75 Å². The SMILES string of the molecule is CC(C)OC(=O)[C@H](C)/N=C/P(=O)(OC[C@H]1O[C@@H](N2C=CC(=O)NC3OC32)CC1C)Oc1ccccc1. The number of ether oxygens (including phenoxy) is 3. The van der Waals surface area contributed by atoms with Crippen LogP contribution in [0.5, 0.6) is 5.75 Å². The quantitative estimate of drug-likeness (QED) is 0.214. The normalized spacial score (nSPS) is 29.9. The molecule has 0 bridgehead atoms. The molecule has 196 valence electrons. The first kappa shape index (κ1) is 26.3. The molecule has 1 N–H and O–H groups in total. The number of aliphatic imine (C=N–C) groups is 1. The lowest BCUT2D eigenvalue weighted by molar-refractivity contribution is -0.148. The molecule has 1 aromatic rings. The summed E-state index contributed by atoms with van der Waals surface area (Å²) in [6, 6.07) is 7.71. The number of nitrogens with zero attached hydrogens (tertiary/aromatic N) is 2. The van der Waals surface area contributed by atoms with Crippen LogP contribution in [0.15, 0.2) is 47.6 Å². The van der Waals surface area contributed by atoms with E-state index in [0.29, 0.717) is 12.2 Å². The predicted molar refractivity (Wildman–Crippen MR) is 130 cm³/mol. The summed E-state index contributed by atoms with van der Waals surface area (Å²) in [5.74, 6) is 0.699. The van der Waals surface area contributed by atoms with E-state index in [9.17, 15) is 14.2 Å². The second-order valence-corrected chi connectivity index (χ2v) is 11.0. The van der Waals surface area contributed by atoms with Gasteiger partial charge < -0.3 is 29.0 Å². The fourth-order valence-corrected chi connectivity index (χ4v) is 5.14. The molecule has 2 saturated heterocycles. The molecule has 0 radical (unpaired) electrons. The van der Waals surface area contributed by atoms with Gasteiger partial charge in [-0.2, -0.15) is 0 Å². The fourth-order valence-electron chi connectivity index (χ4n) is 3.84. The van der Waals surface area contributed by atoms with E-state index in [2.05, 4.69) is 10.3 Å². The van der Waals surface area contributed by atoms with Crippen molar-refractivity contribution in [2.45, 2.75) is 71.0 Å². The zero-order valence-electron chi connectivity index (χ0n) is 20.7. The highest BCUT2D eigenvalue weighted by Gasteiger charge is 2.50. The molecule has 3 aliphatic heterocycles. The molecule has 36 heavy (non-hydrogen) atoms. The summed E-state index contributed by atoms with van der Waals surface area (Å²) >= 11 is 0. The second kappa shape index (κ2) is 11.1. The monoisotopic (exact) mass is 521 g/mol. The lowest BCUT2D eigenvalue weighted by Crippen LogP contribution is -2.35. The Morgan fingerprint density at radius 2 is 2.03 bits per heavy atom. The van der Waals surface area contributed by atoms with Crippen molar-refractivity contribution in [2.24, 2.45) is 10.9 Å². The van der Waals surface area contributed by atoms with Crippen molar-refractivity contribution < 1.29 is 37.4 Å². The number of benzene rings is 1. The largest absolute Gasteiger partial charge is 0.461 e. The smallest absolute Gasteiger partial charge is 0.421 e. The predicted octanol–water partition coefficient (Wildman–Crippen LogP) is 3.02. The Hall–Kier alpha value is -2.72. The Kier molecular flexibility index (Phi) is 8.14. The van der Waals surface area contributed by atoms with Gasteiger partial charge >= 0.3 is 13.6 Å². The van der Waals surface area contributed by atoms with Crippen LogP contribution in [0.4, 0.5) is 0 Å². The third kappa shape index (κ3) is 6.73. The van der Waals surface area contributed by atoms with Crippen LogP contribution in [0.1, 0.15) is 34.1 Å². The maximum Gasteiger partial charge on any atom is 0.421 e. The van der Waals surface area contributed by atoms with Gasteiger partial charge in [0.1, 0.15) is 24.0 Å². The summed E-state index contributed by atoms with van der Waals surface area (Å²) in [6.07, 6.45) is 2.11. The zero-order chi connectivity index (χ0) is 25.9. The summed E-state index contributed by atoms with van der Waals surface area (Å²) in [4.78, 5) is 29.8. The molecule has 12 heteroatoms. The third-order valence-electron chi connectivity index (χ3n) is 5.84. The topological polar surface area (TPSA) is 128 Å². The molecule has 1 aromatic carbocycles. The van der Waals surface area contributed by atoms with Gasteiger partial charge in [-0.1, -0.05) is 25.1 Å². The van der Waals surface area contributed by atoms with Gasteiger partial charge in [0.25, 0.3) is 0 Å². The minimum Gasteiger partial charge on any atom is -0.461 e. The lowest BCUT2D eigenvalue weighted by Gasteiger charge is -2.25. The van der Waals surface area contributed by atoms with Crippen molar-refractivity contribution >= 4 is 25.4 Å². The molecule has 7 atom stereocenters. The highest BCUT2D eigenvalue weighted by molar-refractivity contribution is 7.70. The summed E-state index contributed by atoms with van der Waals surface area (Å²) < 4.78 is 42.0. The first-order chi connectivity index (χ1) is 17.1. The minimum absolute atomic E-state index is 0.0255. The van der Waals surface area contributed by atoms with Crippen LogP contribution in [0, 0.1) is 5.92 Å². The van der Waals surface area contributed by atoms with Gasteiger partial charge in [-0.15, -0.1) is 0 Å². The van der Waals surface area contributed by atoms with E-state index in [1.165, 1.54) is 6.08 Å². The van der Waals surface area contributed by atoms with Crippen molar-refractivity contribution in [3.63, 3.8) is 0 Å². The number of para-hydroxylation sites is 1. The number of carbonyl (C=O) groups excluding carboxylic acids is 2. The minimum atomic E-state index is -3.91. The fraction of sp³-hybridized carbons (Fsp3) is 0.542. The van der Waals surface area contributed by atoms with Crippen molar-refractivity contribution in [1.82, 2.24) is 10.2 Å². The molecule has 11 nitrogen and oxygen atoms in total. The highest BCUT2D eigenvalue weighted by atomic mass is 31.2. The van der Waals surface area contributed by atoms with E-state index in [4.69, 9.17) is 23.3 Å². The lowest BCUT2D eigenvalue weighted by atomic mass is 10.0. The van der Waals surface area contributed by atoms with Gasteiger partial charge in [-0.05, 0) is 45.2 Å². The summed E-state index contributed by atoms with van der Waals surface area (Å²) in [7, 11) is -3.91. The van der Waals surface area contributed by atoms with Gasteiger partial charge in [-0.25, -0.2) is 9.36 Å². The number of carbonyl (C=O) groups is 2. The molecule has 4 rings (SSSR count). The van der Waals surface area contributed by atoms with Crippen LogP contribution in [0.25, 0.3) is 0 Å². The van der Waals surface area contributed by atoms with Gasteiger partial charge in [0.15, 0.2) is 12.5 Å². The van der Waals surface area contributed by atoms with E-state index in [1.807, 2.05) is 11.8 Å². The van der Waals surface area contributed by atoms with Gasteiger partial charge in [0.2, 0.25) is 5.91 Å².